The van der Waals surface area contributed by atoms with Crippen LogP contribution in [0.3, 0.4) is 0 Å². The van der Waals surface area contributed by atoms with Gasteiger partial charge < -0.3 is 0 Å². The van der Waals surface area contributed by atoms with Gasteiger partial charge in [-0.05, 0) is 49.9 Å². The van der Waals surface area contributed by atoms with Crippen LogP contribution in [0.25, 0.3) is 0 Å². The first kappa shape index (κ1) is 8.01. The Morgan fingerprint density at radius 3 is 2.17 bits per heavy atom. The maximum atomic E-state index is 14.1. The normalized spacial score (nSPS) is 62.5. The molecule has 2 unspecified atom stereocenters. The summed E-state index contributed by atoms with van der Waals surface area (Å²) >= 11 is 2.57. The van der Waals surface area contributed by atoms with E-state index in [2.05, 4.69) is 22.6 Å². The first-order valence-electron chi connectivity index (χ1n) is 4.99. The van der Waals surface area contributed by atoms with Crippen LogP contribution in [-0.2, 0) is 0 Å². The highest BCUT2D eigenvalue weighted by Crippen LogP contribution is 2.59. The lowest BCUT2D eigenvalue weighted by Gasteiger charge is -2.55. The van der Waals surface area contributed by atoms with Crippen LogP contribution in [0.1, 0.15) is 32.1 Å². The van der Waals surface area contributed by atoms with Crippen LogP contribution in [0.4, 0.5) is 4.39 Å². The maximum absolute atomic E-state index is 14.1. The number of hydrogen-bond acceptors (Lipinski definition) is 0. The molecular formula is C10H14FI. The van der Waals surface area contributed by atoms with Crippen molar-refractivity contribution in [2.24, 2.45) is 17.8 Å². The van der Waals surface area contributed by atoms with Gasteiger partial charge in [0.25, 0.3) is 0 Å². The Morgan fingerprint density at radius 2 is 1.67 bits per heavy atom. The van der Waals surface area contributed by atoms with Crippen molar-refractivity contribution in [3.05, 3.63) is 0 Å². The Kier molecular flexibility index (Phi) is 1.58. The summed E-state index contributed by atoms with van der Waals surface area (Å²) in [4.78, 5) is 0. The second-order valence-electron chi connectivity index (χ2n) is 5.07. The molecule has 0 aromatic rings. The molecule has 4 rings (SSSR count). The summed E-state index contributed by atoms with van der Waals surface area (Å²) in [6.45, 7) is 0. The number of rotatable bonds is 0. The zero-order valence-electron chi connectivity index (χ0n) is 7.10. The largest absolute Gasteiger partial charge is 0.244 e. The van der Waals surface area contributed by atoms with Gasteiger partial charge >= 0.3 is 0 Å². The van der Waals surface area contributed by atoms with Gasteiger partial charge in [-0.2, -0.15) is 0 Å². The predicted molar refractivity (Wildman–Crippen MR) is 55.2 cm³/mol. The fourth-order valence-electron chi connectivity index (χ4n) is 3.86. The molecule has 12 heavy (non-hydrogen) atoms. The SMILES string of the molecule is FC12CC3CC(C1)C(I)C(C3)C2. The third-order valence-electron chi connectivity index (χ3n) is 4.08. The Balaban J connectivity index is 1.95. The Hall–Kier alpha value is 0.660. The molecule has 4 fully saturated rings. The van der Waals surface area contributed by atoms with Crippen LogP contribution in [0, 0.1) is 17.8 Å². The first-order valence-corrected chi connectivity index (χ1v) is 6.24. The van der Waals surface area contributed by atoms with Crippen LogP contribution in [0.2, 0.25) is 0 Å². The standard InChI is InChI=1S/C10H14FI/c11-10-3-6-1-7(4-10)9(12)8(2-6)5-10/h6-9H,1-5H2. The van der Waals surface area contributed by atoms with E-state index in [1.807, 2.05) is 0 Å². The molecule has 4 aliphatic rings. The molecule has 68 valence electrons. The van der Waals surface area contributed by atoms with Gasteiger partial charge in [0.1, 0.15) is 5.67 Å². The average molecular weight is 280 g/mol. The molecule has 4 aliphatic carbocycles. The van der Waals surface area contributed by atoms with E-state index in [1.165, 1.54) is 12.8 Å². The molecule has 0 N–H and O–H groups in total. The Labute approximate surface area is 86.4 Å². The minimum atomic E-state index is -0.724. The zero-order valence-corrected chi connectivity index (χ0v) is 9.26. The summed E-state index contributed by atoms with van der Waals surface area (Å²) < 4.78 is 14.8. The monoisotopic (exact) mass is 280 g/mol. The van der Waals surface area contributed by atoms with Crippen LogP contribution in [0.5, 0.6) is 0 Å². The second-order valence-corrected chi connectivity index (χ2v) is 6.50. The number of hydrogen-bond donors (Lipinski definition) is 0. The summed E-state index contributed by atoms with van der Waals surface area (Å²) in [7, 11) is 0. The lowest BCUT2D eigenvalue weighted by atomic mass is 9.55. The molecule has 0 heterocycles. The molecule has 4 saturated carbocycles. The van der Waals surface area contributed by atoms with Crippen LogP contribution in [-0.4, -0.2) is 9.59 Å². The van der Waals surface area contributed by atoms with Gasteiger partial charge in [0, 0.05) is 3.92 Å². The second kappa shape index (κ2) is 2.37. The summed E-state index contributed by atoms with van der Waals surface area (Å²) in [6.07, 6.45) is 5.32. The average Bonchev–Trinajstić information content (AvgIpc) is 1.96. The topological polar surface area (TPSA) is 0 Å². The molecule has 2 atom stereocenters. The molecule has 0 spiro atoms. The molecule has 0 aromatic carbocycles. The lowest BCUT2D eigenvalue weighted by Crippen LogP contribution is -2.53. The molecule has 0 nitrogen and oxygen atoms in total. The fraction of sp³-hybridized carbons (Fsp3) is 1.00. The van der Waals surface area contributed by atoms with Crippen molar-refractivity contribution < 1.29 is 4.39 Å². The van der Waals surface area contributed by atoms with Gasteiger partial charge in [-0.3, -0.25) is 0 Å². The van der Waals surface area contributed by atoms with Crippen molar-refractivity contribution in [2.75, 3.05) is 0 Å². The van der Waals surface area contributed by atoms with Gasteiger partial charge in [-0.1, -0.05) is 22.6 Å². The van der Waals surface area contributed by atoms with E-state index >= 15 is 0 Å². The summed E-state index contributed by atoms with van der Waals surface area (Å²) in [5.74, 6) is 2.20. The lowest BCUT2D eigenvalue weighted by molar-refractivity contribution is -0.0649. The minimum absolute atomic E-state index is 0.724. The maximum Gasteiger partial charge on any atom is 0.112 e. The van der Waals surface area contributed by atoms with E-state index < -0.39 is 5.67 Å². The smallest absolute Gasteiger partial charge is 0.112 e. The van der Waals surface area contributed by atoms with E-state index in [-0.39, 0.29) is 0 Å². The van der Waals surface area contributed by atoms with E-state index in [4.69, 9.17) is 0 Å². The molecule has 0 radical (unpaired) electrons. The van der Waals surface area contributed by atoms with Crippen molar-refractivity contribution in [3.8, 4) is 0 Å². The highest BCUT2D eigenvalue weighted by molar-refractivity contribution is 14.1. The van der Waals surface area contributed by atoms with E-state index in [1.54, 1.807) is 0 Å². The van der Waals surface area contributed by atoms with Crippen molar-refractivity contribution >= 4 is 22.6 Å². The van der Waals surface area contributed by atoms with Crippen molar-refractivity contribution in [3.63, 3.8) is 0 Å². The third kappa shape index (κ3) is 0.992. The summed E-state index contributed by atoms with van der Waals surface area (Å²) in [6, 6.07) is 0. The number of alkyl halides is 2. The van der Waals surface area contributed by atoms with Crippen LogP contribution in [0.15, 0.2) is 0 Å². The predicted octanol–water partition coefficient (Wildman–Crippen LogP) is 3.34. The third-order valence-corrected chi connectivity index (χ3v) is 6.12. The van der Waals surface area contributed by atoms with Gasteiger partial charge in [-0.25, -0.2) is 4.39 Å². The first-order chi connectivity index (χ1) is 5.66. The molecule has 0 aliphatic heterocycles. The van der Waals surface area contributed by atoms with Crippen molar-refractivity contribution in [1.29, 1.82) is 0 Å². The zero-order chi connectivity index (χ0) is 8.34. The fourth-order valence-corrected chi connectivity index (χ4v) is 4.96. The molecule has 0 saturated heterocycles. The quantitative estimate of drug-likeness (QED) is 0.471. The molecular weight excluding hydrogens is 266 g/mol. The molecule has 4 bridgehead atoms. The van der Waals surface area contributed by atoms with Gasteiger partial charge in [0.2, 0.25) is 0 Å². The summed E-state index contributed by atoms with van der Waals surface area (Å²) in [5, 5.41) is 0. The highest BCUT2D eigenvalue weighted by Gasteiger charge is 2.55. The van der Waals surface area contributed by atoms with Gasteiger partial charge in [0.05, 0.1) is 0 Å². The van der Waals surface area contributed by atoms with Crippen molar-refractivity contribution in [2.45, 2.75) is 41.7 Å². The van der Waals surface area contributed by atoms with E-state index in [0.717, 1.165) is 40.9 Å². The van der Waals surface area contributed by atoms with Gasteiger partial charge in [0.15, 0.2) is 0 Å². The number of halogens is 2. The van der Waals surface area contributed by atoms with E-state index in [0.29, 0.717) is 0 Å². The molecule has 2 heteroatoms. The van der Waals surface area contributed by atoms with Crippen LogP contribution < -0.4 is 0 Å². The van der Waals surface area contributed by atoms with Crippen LogP contribution >= 0.6 is 22.6 Å². The Morgan fingerprint density at radius 1 is 1.08 bits per heavy atom. The Bertz CT molecular complexity index is 200. The van der Waals surface area contributed by atoms with Gasteiger partial charge in [-0.15, -0.1) is 0 Å². The summed E-state index contributed by atoms with van der Waals surface area (Å²) in [5.41, 5.74) is -0.724. The van der Waals surface area contributed by atoms with E-state index in [9.17, 15) is 4.39 Å². The molecule has 0 aromatic heterocycles. The minimum Gasteiger partial charge on any atom is -0.244 e. The molecule has 0 amide bonds. The highest BCUT2D eigenvalue weighted by atomic mass is 127. The van der Waals surface area contributed by atoms with Crippen molar-refractivity contribution in [1.82, 2.24) is 0 Å².